The first-order valence-corrected chi connectivity index (χ1v) is 11.8. The standard InChI is InChI=1S/C27H34N2O3/c1-2-25(30)9-7-24-20-28-12-11-27(24)32-26-10-8-22-18-21(5-6-23(22)19-26)4-3-13-29-14-16-31-17-15-29/h5-6,8,10-12,18-20,25,30H,2-4,7,9,13-17H2,1H3. The minimum absolute atomic E-state index is 0.285. The summed E-state index contributed by atoms with van der Waals surface area (Å²) in [5.74, 6) is 1.63. The number of hydrogen-bond acceptors (Lipinski definition) is 5. The van der Waals surface area contributed by atoms with Crippen LogP contribution in [0.2, 0.25) is 0 Å². The molecule has 5 nitrogen and oxygen atoms in total. The van der Waals surface area contributed by atoms with Crippen LogP contribution < -0.4 is 4.74 Å². The Morgan fingerprint density at radius 2 is 1.88 bits per heavy atom. The number of benzene rings is 2. The van der Waals surface area contributed by atoms with E-state index < -0.39 is 0 Å². The molecule has 0 radical (unpaired) electrons. The Bertz CT molecular complexity index is 1000. The molecule has 0 bridgehead atoms. The van der Waals surface area contributed by atoms with Crippen molar-refractivity contribution >= 4 is 10.8 Å². The van der Waals surface area contributed by atoms with Gasteiger partial charge in [0.15, 0.2) is 0 Å². The van der Waals surface area contributed by atoms with Crippen LogP contribution in [-0.2, 0) is 17.6 Å². The number of morpholine rings is 1. The molecule has 1 saturated heterocycles. The van der Waals surface area contributed by atoms with Crippen molar-refractivity contribution in [3.8, 4) is 11.5 Å². The molecule has 170 valence electrons. The Morgan fingerprint density at radius 3 is 2.72 bits per heavy atom. The molecule has 1 N–H and O–H groups in total. The van der Waals surface area contributed by atoms with Gasteiger partial charge in [0.1, 0.15) is 11.5 Å². The second-order valence-corrected chi connectivity index (χ2v) is 8.59. The van der Waals surface area contributed by atoms with Crippen LogP contribution in [0.1, 0.15) is 37.3 Å². The van der Waals surface area contributed by atoms with Gasteiger partial charge in [0.25, 0.3) is 0 Å². The second-order valence-electron chi connectivity index (χ2n) is 8.59. The van der Waals surface area contributed by atoms with Crippen molar-refractivity contribution in [2.75, 3.05) is 32.8 Å². The third kappa shape index (κ3) is 6.28. The van der Waals surface area contributed by atoms with Gasteiger partial charge in [-0.05, 0) is 73.2 Å². The summed E-state index contributed by atoms with van der Waals surface area (Å²) in [6.45, 7) is 6.97. The molecule has 1 aliphatic rings. The maximum absolute atomic E-state index is 9.89. The van der Waals surface area contributed by atoms with Crippen LogP contribution >= 0.6 is 0 Å². The lowest BCUT2D eigenvalue weighted by molar-refractivity contribution is 0.0375. The van der Waals surface area contributed by atoms with Crippen molar-refractivity contribution in [1.29, 1.82) is 0 Å². The summed E-state index contributed by atoms with van der Waals surface area (Å²) in [4.78, 5) is 6.72. The number of rotatable bonds is 10. The summed E-state index contributed by atoms with van der Waals surface area (Å²) < 4.78 is 11.6. The maximum Gasteiger partial charge on any atom is 0.133 e. The first kappa shape index (κ1) is 22.7. The SMILES string of the molecule is CCC(O)CCc1cnccc1Oc1ccc2cc(CCCN3CCOCC3)ccc2c1. The van der Waals surface area contributed by atoms with Gasteiger partial charge in [-0.1, -0.05) is 31.2 Å². The minimum atomic E-state index is -0.285. The molecule has 5 heteroatoms. The molecule has 1 unspecified atom stereocenters. The van der Waals surface area contributed by atoms with Crippen LogP contribution in [-0.4, -0.2) is 53.9 Å². The van der Waals surface area contributed by atoms with Gasteiger partial charge in [0.2, 0.25) is 0 Å². The fourth-order valence-electron chi connectivity index (χ4n) is 4.18. The number of fused-ring (bicyclic) bond motifs is 1. The Morgan fingerprint density at radius 1 is 1.06 bits per heavy atom. The van der Waals surface area contributed by atoms with E-state index in [1.807, 2.05) is 25.3 Å². The molecule has 1 fully saturated rings. The van der Waals surface area contributed by atoms with Crippen LogP contribution in [0, 0.1) is 0 Å². The summed E-state index contributed by atoms with van der Waals surface area (Å²) in [6, 6.07) is 14.9. The quantitative estimate of drug-likeness (QED) is 0.487. The fourth-order valence-corrected chi connectivity index (χ4v) is 4.18. The number of nitrogens with zero attached hydrogens (tertiary/aromatic N) is 2. The van der Waals surface area contributed by atoms with Crippen molar-refractivity contribution in [3.05, 3.63) is 66.0 Å². The van der Waals surface area contributed by atoms with Gasteiger partial charge < -0.3 is 14.6 Å². The molecule has 0 saturated carbocycles. The molecule has 1 aliphatic heterocycles. The van der Waals surface area contributed by atoms with Crippen LogP contribution in [0.5, 0.6) is 11.5 Å². The predicted molar refractivity (Wildman–Crippen MR) is 128 cm³/mol. The Hall–Kier alpha value is -2.47. The largest absolute Gasteiger partial charge is 0.457 e. The van der Waals surface area contributed by atoms with Gasteiger partial charge in [-0.2, -0.15) is 0 Å². The molecular formula is C27H34N2O3. The zero-order chi connectivity index (χ0) is 22.2. The summed E-state index contributed by atoms with van der Waals surface area (Å²) in [5, 5.41) is 12.3. The highest BCUT2D eigenvalue weighted by Crippen LogP contribution is 2.29. The average molecular weight is 435 g/mol. The van der Waals surface area contributed by atoms with Crippen LogP contribution in [0.3, 0.4) is 0 Å². The van der Waals surface area contributed by atoms with E-state index >= 15 is 0 Å². The van der Waals surface area contributed by atoms with Crippen molar-refractivity contribution in [2.24, 2.45) is 0 Å². The van der Waals surface area contributed by atoms with E-state index in [1.54, 1.807) is 6.20 Å². The molecule has 0 amide bonds. The molecule has 2 heterocycles. The van der Waals surface area contributed by atoms with Gasteiger partial charge in [0.05, 0.1) is 19.3 Å². The molecule has 0 spiro atoms. The summed E-state index contributed by atoms with van der Waals surface area (Å²) in [7, 11) is 0. The lowest BCUT2D eigenvalue weighted by atomic mass is 10.0. The smallest absolute Gasteiger partial charge is 0.133 e. The highest BCUT2D eigenvalue weighted by molar-refractivity contribution is 5.84. The molecule has 2 aromatic carbocycles. The first-order valence-electron chi connectivity index (χ1n) is 11.8. The molecule has 0 aliphatic carbocycles. The van der Waals surface area contributed by atoms with E-state index in [0.717, 1.165) is 69.2 Å². The number of aliphatic hydroxyl groups excluding tert-OH is 1. The minimum Gasteiger partial charge on any atom is -0.457 e. The lowest BCUT2D eigenvalue weighted by Crippen LogP contribution is -2.36. The number of ether oxygens (including phenoxy) is 2. The van der Waals surface area contributed by atoms with Crippen molar-refractivity contribution in [1.82, 2.24) is 9.88 Å². The Labute approximate surface area is 191 Å². The van der Waals surface area contributed by atoms with Gasteiger partial charge in [0, 0.05) is 31.0 Å². The predicted octanol–water partition coefficient (Wildman–Crippen LogP) is 5.00. The average Bonchev–Trinajstić information content (AvgIpc) is 2.84. The molecule has 32 heavy (non-hydrogen) atoms. The van der Waals surface area contributed by atoms with E-state index in [-0.39, 0.29) is 6.10 Å². The van der Waals surface area contributed by atoms with Gasteiger partial charge in [-0.3, -0.25) is 9.88 Å². The molecule has 4 rings (SSSR count). The van der Waals surface area contributed by atoms with E-state index in [4.69, 9.17) is 9.47 Å². The summed E-state index contributed by atoms with van der Waals surface area (Å²) in [5.41, 5.74) is 2.40. The van der Waals surface area contributed by atoms with Crippen LogP contribution in [0.4, 0.5) is 0 Å². The van der Waals surface area contributed by atoms with E-state index in [9.17, 15) is 5.11 Å². The van der Waals surface area contributed by atoms with Crippen molar-refractivity contribution in [3.63, 3.8) is 0 Å². The molecule has 1 aromatic heterocycles. The second kappa shape index (κ2) is 11.4. The number of hydrogen-bond donors (Lipinski definition) is 1. The maximum atomic E-state index is 9.89. The number of aryl methyl sites for hydroxylation is 2. The lowest BCUT2D eigenvalue weighted by Gasteiger charge is -2.26. The van der Waals surface area contributed by atoms with Crippen molar-refractivity contribution < 1.29 is 14.6 Å². The third-order valence-electron chi connectivity index (χ3n) is 6.22. The summed E-state index contributed by atoms with van der Waals surface area (Å²) in [6.07, 6.45) is 7.79. The first-order chi connectivity index (χ1) is 15.7. The fraction of sp³-hybridized carbons (Fsp3) is 0.444. The van der Waals surface area contributed by atoms with E-state index in [0.29, 0.717) is 6.42 Å². The highest BCUT2D eigenvalue weighted by Gasteiger charge is 2.11. The highest BCUT2D eigenvalue weighted by atomic mass is 16.5. The topological polar surface area (TPSA) is 54.8 Å². The monoisotopic (exact) mass is 434 g/mol. The van der Waals surface area contributed by atoms with Crippen LogP contribution in [0.25, 0.3) is 10.8 Å². The van der Waals surface area contributed by atoms with Crippen LogP contribution in [0.15, 0.2) is 54.9 Å². The summed E-state index contributed by atoms with van der Waals surface area (Å²) >= 11 is 0. The third-order valence-corrected chi connectivity index (χ3v) is 6.22. The molecule has 3 aromatic rings. The number of aromatic nitrogens is 1. The Kier molecular flexibility index (Phi) is 8.10. The zero-order valence-electron chi connectivity index (χ0n) is 19.0. The number of pyridine rings is 1. The van der Waals surface area contributed by atoms with Crippen molar-refractivity contribution in [2.45, 2.75) is 45.1 Å². The van der Waals surface area contributed by atoms with E-state index in [1.165, 1.54) is 22.8 Å². The normalized spacial score (nSPS) is 15.7. The van der Waals surface area contributed by atoms with Gasteiger partial charge >= 0.3 is 0 Å². The molecular weight excluding hydrogens is 400 g/mol. The van der Waals surface area contributed by atoms with Gasteiger partial charge in [-0.25, -0.2) is 0 Å². The Balaban J connectivity index is 1.38. The molecule has 1 atom stereocenters. The zero-order valence-corrected chi connectivity index (χ0v) is 19.0. The van der Waals surface area contributed by atoms with E-state index in [2.05, 4.69) is 40.2 Å². The van der Waals surface area contributed by atoms with Gasteiger partial charge in [-0.15, -0.1) is 0 Å². The number of aliphatic hydroxyl groups is 1.